The van der Waals surface area contributed by atoms with Gasteiger partial charge in [-0.15, -0.1) is 11.3 Å². The number of hydrogen-bond donors (Lipinski definition) is 2. The van der Waals surface area contributed by atoms with E-state index in [0.29, 0.717) is 0 Å². The fourth-order valence-corrected chi connectivity index (χ4v) is 3.71. The van der Waals surface area contributed by atoms with E-state index in [-0.39, 0.29) is 11.8 Å². The molecule has 0 bridgehead atoms. The summed E-state index contributed by atoms with van der Waals surface area (Å²) in [5.74, 6) is 0.219. The molecule has 2 aliphatic rings. The predicted molar refractivity (Wildman–Crippen MR) is 76.4 cm³/mol. The maximum Gasteiger partial charge on any atom is 0.230 e. The summed E-state index contributed by atoms with van der Waals surface area (Å²) in [7, 11) is 0. The second-order valence-electron chi connectivity index (χ2n) is 5.19. The highest BCUT2D eigenvalue weighted by Gasteiger charge is 2.25. The summed E-state index contributed by atoms with van der Waals surface area (Å²) in [6.07, 6.45) is 1.93. The molecule has 104 valence electrons. The Bertz CT molecular complexity index is 467. The number of hydrogen-bond acceptors (Lipinski definition) is 5. The molecule has 0 aliphatic carbocycles. The van der Waals surface area contributed by atoms with Crippen LogP contribution in [0.4, 0.5) is 5.13 Å². The first kappa shape index (κ1) is 13.0. The third-order valence-corrected chi connectivity index (χ3v) is 4.92. The van der Waals surface area contributed by atoms with Crippen LogP contribution in [-0.4, -0.2) is 42.0 Å². The van der Waals surface area contributed by atoms with E-state index in [9.17, 15) is 4.79 Å². The smallest absolute Gasteiger partial charge is 0.230 e. The highest BCUT2D eigenvalue weighted by molar-refractivity contribution is 7.15. The second kappa shape index (κ2) is 5.56. The lowest BCUT2D eigenvalue weighted by Crippen LogP contribution is -2.29. The molecule has 1 atom stereocenters. The first-order valence-electron chi connectivity index (χ1n) is 6.98. The Morgan fingerprint density at radius 3 is 3.26 bits per heavy atom. The lowest BCUT2D eigenvalue weighted by molar-refractivity contribution is -0.119. The van der Waals surface area contributed by atoms with Crippen molar-refractivity contribution < 1.29 is 4.79 Å². The molecule has 1 unspecified atom stereocenters. The summed E-state index contributed by atoms with van der Waals surface area (Å²) in [4.78, 5) is 20.3. The molecule has 1 amide bonds. The minimum atomic E-state index is 0.105. The first-order valence-corrected chi connectivity index (χ1v) is 7.80. The summed E-state index contributed by atoms with van der Waals surface area (Å²) >= 11 is 1.64. The summed E-state index contributed by atoms with van der Waals surface area (Å²) in [5, 5.41) is 6.98. The van der Waals surface area contributed by atoms with Crippen LogP contribution in [0.5, 0.6) is 0 Å². The van der Waals surface area contributed by atoms with Gasteiger partial charge in [-0.2, -0.15) is 0 Å². The normalized spacial score (nSPS) is 23.3. The van der Waals surface area contributed by atoms with Crippen molar-refractivity contribution >= 4 is 22.4 Å². The van der Waals surface area contributed by atoms with Gasteiger partial charge in [-0.3, -0.25) is 9.69 Å². The highest BCUT2D eigenvalue weighted by atomic mass is 32.1. The molecule has 0 aromatic carbocycles. The van der Waals surface area contributed by atoms with Crippen LogP contribution in [0, 0.1) is 5.92 Å². The molecule has 2 aliphatic heterocycles. The Morgan fingerprint density at radius 2 is 2.53 bits per heavy atom. The average molecular weight is 280 g/mol. The molecule has 1 aromatic heterocycles. The fraction of sp³-hybridized carbons (Fsp3) is 0.692. The summed E-state index contributed by atoms with van der Waals surface area (Å²) in [5.41, 5.74) is 1.18. The minimum Gasteiger partial charge on any atom is -0.316 e. The number of likely N-dealkylation sites (N-methyl/N-ethyl adjacent to an activating group) is 1. The number of nitrogens with one attached hydrogen (secondary N) is 2. The molecule has 1 aromatic rings. The van der Waals surface area contributed by atoms with Gasteiger partial charge in [0.05, 0.1) is 11.6 Å². The zero-order valence-electron chi connectivity index (χ0n) is 11.2. The third-order valence-electron chi connectivity index (χ3n) is 3.92. The van der Waals surface area contributed by atoms with Crippen molar-refractivity contribution in [1.82, 2.24) is 15.2 Å². The van der Waals surface area contributed by atoms with E-state index in [1.54, 1.807) is 11.3 Å². The zero-order chi connectivity index (χ0) is 13.2. The minimum absolute atomic E-state index is 0.105. The fourth-order valence-electron chi connectivity index (χ4n) is 2.66. The Labute approximate surface area is 117 Å². The number of nitrogens with zero attached hydrogens (tertiary/aromatic N) is 2. The van der Waals surface area contributed by atoms with Crippen LogP contribution in [0.25, 0.3) is 0 Å². The van der Waals surface area contributed by atoms with E-state index >= 15 is 0 Å². The molecule has 1 fully saturated rings. The van der Waals surface area contributed by atoms with E-state index in [1.807, 2.05) is 0 Å². The van der Waals surface area contributed by atoms with Crippen LogP contribution >= 0.6 is 11.3 Å². The molecule has 6 heteroatoms. The average Bonchev–Trinajstić information content (AvgIpc) is 3.06. The SMILES string of the molecule is CCN1CCc2nc(NC(=O)C3CCNC3)sc2C1. The van der Waals surface area contributed by atoms with Crippen LogP contribution in [-0.2, 0) is 17.8 Å². The van der Waals surface area contributed by atoms with E-state index < -0.39 is 0 Å². The number of thiazole rings is 1. The molecule has 2 N–H and O–H groups in total. The molecule has 1 saturated heterocycles. The van der Waals surface area contributed by atoms with Crippen molar-refractivity contribution in [3.63, 3.8) is 0 Å². The lowest BCUT2D eigenvalue weighted by atomic mass is 10.1. The van der Waals surface area contributed by atoms with Gasteiger partial charge >= 0.3 is 0 Å². The van der Waals surface area contributed by atoms with Gasteiger partial charge in [0.2, 0.25) is 5.91 Å². The van der Waals surface area contributed by atoms with Gasteiger partial charge in [-0.25, -0.2) is 4.98 Å². The topological polar surface area (TPSA) is 57.3 Å². The first-order chi connectivity index (χ1) is 9.26. The molecule has 0 saturated carbocycles. The van der Waals surface area contributed by atoms with Crippen LogP contribution in [0.1, 0.15) is 23.9 Å². The van der Waals surface area contributed by atoms with Crippen molar-refractivity contribution in [2.24, 2.45) is 5.92 Å². The summed E-state index contributed by atoms with van der Waals surface area (Å²) < 4.78 is 0. The molecular formula is C13H20N4OS. The number of fused-ring (bicyclic) bond motifs is 1. The number of aromatic nitrogens is 1. The van der Waals surface area contributed by atoms with E-state index in [0.717, 1.165) is 50.7 Å². The van der Waals surface area contributed by atoms with Crippen LogP contribution in [0.2, 0.25) is 0 Å². The van der Waals surface area contributed by atoms with Crippen molar-refractivity contribution in [3.8, 4) is 0 Å². The van der Waals surface area contributed by atoms with Crippen molar-refractivity contribution in [2.75, 3.05) is 31.5 Å². The van der Waals surface area contributed by atoms with Crippen molar-refractivity contribution in [1.29, 1.82) is 0 Å². The number of amides is 1. The number of rotatable bonds is 3. The molecule has 5 nitrogen and oxygen atoms in total. The Balaban J connectivity index is 1.66. The van der Waals surface area contributed by atoms with Gasteiger partial charge in [0.25, 0.3) is 0 Å². The van der Waals surface area contributed by atoms with Crippen molar-refractivity contribution in [3.05, 3.63) is 10.6 Å². The molecule has 19 heavy (non-hydrogen) atoms. The third kappa shape index (κ3) is 2.80. The van der Waals surface area contributed by atoms with E-state index in [4.69, 9.17) is 0 Å². The van der Waals surface area contributed by atoms with Gasteiger partial charge in [0, 0.05) is 30.9 Å². The Hall–Kier alpha value is -0.980. The highest BCUT2D eigenvalue weighted by Crippen LogP contribution is 2.28. The lowest BCUT2D eigenvalue weighted by Gasteiger charge is -2.23. The zero-order valence-corrected chi connectivity index (χ0v) is 12.1. The van der Waals surface area contributed by atoms with Crippen molar-refractivity contribution in [2.45, 2.75) is 26.3 Å². The molecular weight excluding hydrogens is 260 g/mol. The standard InChI is InChI=1S/C13H20N4OS/c1-2-17-6-4-10-11(8-17)19-13(15-10)16-12(18)9-3-5-14-7-9/h9,14H,2-8H2,1H3,(H,15,16,18). The van der Waals surface area contributed by atoms with Gasteiger partial charge in [0.15, 0.2) is 5.13 Å². The molecule has 3 heterocycles. The number of carbonyl (C=O) groups is 1. The van der Waals surface area contributed by atoms with Gasteiger partial charge in [-0.05, 0) is 19.5 Å². The largest absolute Gasteiger partial charge is 0.316 e. The van der Waals surface area contributed by atoms with Crippen LogP contribution < -0.4 is 10.6 Å². The van der Waals surface area contributed by atoms with Gasteiger partial charge < -0.3 is 10.6 Å². The van der Waals surface area contributed by atoms with E-state index in [2.05, 4.69) is 27.4 Å². The van der Waals surface area contributed by atoms with E-state index in [1.165, 1.54) is 10.6 Å². The quantitative estimate of drug-likeness (QED) is 0.869. The van der Waals surface area contributed by atoms with Gasteiger partial charge in [-0.1, -0.05) is 6.92 Å². The molecule has 0 spiro atoms. The predicted octanol–water partition coefficient (Wildman–Crippen LogP) is 1.07. The van der Waals surface area contributed by atoms with Crippen LogP contribution in [0.3, 0.4) is 0 Å². The second-order valence-corrected chi connectivity index (χ2v) is 6.27. The monoisotopic (exact) mass is 280 g/mol. The molecule has 0 radical (unpaired) electrons. The van der Waals surface area contributed by atoms with Gasteiger partial charge in [0.1, 0.15) is 0 Å². The summed E-state index contributed by atoms with van der Waals surface area (Å²) in [6.45, 7) is 7.05. The number of carbonyl (C=O) groups excluding carboxylic acids is 1. The Kier molecular flexibility index (Phi) is 3.81. The number of anilines is 1. The maximum atomic E-state index is 12.1. The summed E-state index contributed by atoms with van der Waals surface area (Å²) in [6, 6.07) is 0. The Morgan fingerprint density at radius 1 is 1.63 bits per heavy atom. The maximum absolute atomic E-state index is 12.1. The van der Waals surface area contributed by atoms with Crippen LogP contribution in [0.15, 0.2) is 0 Å². The molecule has 3 rings (SSSR count).